The first kappa shape index (κ1) is 25.5. The van der Waals surface area contributed by atoms with Crippen molar-refractivity contribution in [2.45, 2.75) is 51.7 Å². The fraction of sp³-hybridized carbons (Fsp3) is 0.355. The molecule has 3 aliphatic rings. The Kier molecular flexibility index (Phi) is 6.16. The minimum Gasteiger partial charge on any atom is -0.410 e. The summed E-state index contributed by atoms with van der Waals surface area (Å²) in [6, 6.07) is 15.5. The van der Waals surface area contributed by atoms with Crippen LogP contribution in [0, 0.1) is 24.2 Å². The highest BCUT2D eigenvalue weighted by Crippen LogP contribution is 2.57. The first-order valence-corrected chi connectivity index (χ1v) is 13.3. The number of hydrogen-bond acceptors (Lipinski definition) is 3. The van der Waals surface area contributed by atoms with Crippen LogP contribution in [-0.2, 0) is 6.42 Å². The predicted octanol–water partition coefficient (Wildman–Crippen LogP) is 7.20. The highest BCUT2D eigenvalue weighted by atomic mass is 19.4. The number of allylic oxidation sites excluding steroid dienone is 2. The number of halogens is 3. The Hall–Kier alpha value is -3.81. The molecule has 1 fully saturated rings. The first-order chi connectivity index (χ1) is 18.6. The first-order valence-electron chi connectivity index (χ1n) is 13.3. The van der Waals surface area contributed by atoms with Gasteiger partial charge in [0.05, 0.1) is 29.5 Å². The number of amides is 1. The fourth-order valence-corrected chi connectivity index (χ4v) is 6.63. The molecule has 6 rings (SSSR count). The van der Waals surface area contributed by atoms with Crippen LogP contribution in [-0.4, -0.2) is 28.1 Å². The van der Waals surface area contributed by atoms with Crippen molar-refractivity contribution in [1.82, 2.24) is 15.1 Å². The molecule has 0 unspecified atom stereocenters. The van der Waals surface area contributed by atoms with Gasteiger partial charge < -0.3 is 10.1 Å². The van der Waals surface area contributed by atoms with Gasteiger partial charge in [-0.15, -0.1) is 0 Å². The highest BCUT2D eigenvalue weighted by Gasteiger charge is 2.54. The monoisotopic (exact) mass is 533 g/mol. The van der Waals surface area contributed by atoms with E-state index in [9.17, 15) is 18.0 Å². The Morgan fingerprint density at radius 2 is 1.87 bits per heavy atom. The molecular formula is C31H30F3N3O2. The predicted molar refractivity (Wildman–Crippen MR) is 142 cm³/mol. The van der Waals surface area contributed by atoms with Crippen molar-refractivity contribution in [3.63, 3.8) is 0 Å². The number of nitrogens with zero attached hydrogens (tertiary/aromatic N) is 2. The van der Waals surface area contributed by atoms with Gasteiger partial charge in [-0.25, -0.2) is 9.48 Å². The van der Waals surface area contributed by atoms with Crippen molar-refractivity contribution in [3.8, 4) is 11.4 Å². The molecule has 202 valence electrons. The maximum absolute atomic E-state index is 14.2. The fourth-order valence-electron chi connectivity index (χ4n) is 6.63. The number of alkyl halides is 3. The van der Waals surface area contributed by atoms with E-state index >= 15 is 0 Å². The standard InChI is InChI=1S/C31H30F3N3O2/c1-19-8-11-22(12-9-19)37-27-16-21-10-13-24-25(30(21,2)17-20(27)18-35-37)14-15-26(31(32,33)34)28(24)36-29(38)39-23-6-4-3-5-7-23/h3-9,11-12,14,16,18,24,26,28H,10,13,15,17H2,1-2H3,(H,36,38)/t24-,26+,28+,30-/m0/s1. The number of benzene rings is 2. The minimum atomic E-state index is -4.45. The lowest BCUT2D eigenvalue weighted by molar-refractivity contribution is -0.186. The summed E-state index contributed by atoms with van der Waals surface area (Å²) in [5.41, 5.74) is 5.96. The topological polar surface area (TPSA) is 56.2 Å². The third-order valence-electron chi connectivity index (χ3n) is 8.61. The summed E-state index contributed by atoms with van der Waals surface area (Å²) in [6.07, 6.45) is 2.15. The van der Waals surface area contributed by atoms with Gasteiger partial charge in [0.2, 0.25) is 0 Å². The van der Waals surface area contributed by atoms with Crippen molar-refractivity contribution in [2.24, 2.45) is 17.3 Å². The molecule has 39 heavy (non-hydrogen) atoms. The number of carbonyl (C=O) groups excluding carboxylic acids is 1. The van der Waals surface area contributed by atoms with Gasteiger partial charge in [0.25, 0.3) is 0 Å². The largest absolute Gasteiger partial charge is 0.412 e. The van der Waals surface area contributed by atoms with Gasteiger partial charge in [-0.3, -0.25) is 0 Å². The van der Waals surface area contributed by atoms with E-state index in [0.29, 0.717) is 19.3 Å². The van der Waals surface area contributed by atoms with E-state index in [4.69, 9.17) is 4.74 Å². The van der Waals surface area contributed by atoms with E-state index in [-0.39, 0.29) is 12.2 Å². The SMILES string of the molecule is Cc1ccc(-n2ncc3c2C=C2CC[C@H]4C(=CC[C@@H](C(F)(F)F)[C@@H]4NC(=O)Oc4ccccc4)[C@@]2(C)C3)cc1. The van der Waals surface area contributed by atoms with Crippen molar-refractivity contribution in [1.29, 1.82) is 0 Å². The van der Waals surface area contributed by atoms with Crippen molar-refractivity contribution in [2.75, 3.05) is 0 Å². The van der Waals surface area contributed by atoms with Crippen molar-refractivity contribution >= 4 is 12.2 Å². The van der Waals surface area contributed by atoms with Crippen LogP contribution in [0.4, 0.5) is 18.0 Å². The molecule has 4 atom stereocenters. The van der Waals surface area contributed by atoms with Crippen LogP contribution in [0.25, 0.3) is 11.8 Å². The van der Waals surface area contributed by atoms with E-state index in [1.54, 1.807) is 36.4 Å². The Morgan fingerprint density at radius 1 is 1.13 bits per heavy atom. The Bertz CT molecular complexity index is 1460. The summed E-state index contributed by atoms with van der Waals surface area (Å²) in [5, 5.41) is 7.29. The number of aryl methyl sites for hydroxylation is 1. The Morgan fingerprint density at radius 3 is 2.59 bits per heavy atom. The molecule has 0 radical (unpaired) electrons. The van der Waals surface area contributed by atoms with Crippen LogP contribution in [0.1, 0.15) is 43.0 Å². The lowest BCUT2D eigenvalue weighted by Crippen LogP contribution is -2.55. The number of nitrogens with one attached hydrogen (secondary N) is 1. The molecule has 2 aromatic carbocycles. The van der Waals surface area contributed by atoms with E-state index in [2.05, 4.69) is 35.5 Å². The molecule has 0 bridgehead atoms. The Labute approximate surface area is 225 Å². The number of fused-ring (bicyclic) bond motifs is 4. The quantitative estimate of drug-likeness (QED) is 0.362. The summed E-state index contributed by atoms with van der Waals surface area (Å²) >= 11 is 0. The van der Waals surface area contributed by atoms with Crippen LogP contribution in [0.2, 0.25) is 0 Å². The summed E-state index contributed by atoms with van der Waals surface area (Å²) in [4.78, 5) is 12.8. The third-order valence-corrected chi connectivity index (χ3v) is 8.61. The average molecular weight is 534 g/mol. The van der Waals surface area contributed by atoms with Crippen molar-refractivity contribution in [3.05, 3.63) is 94.8 Å². The summed E-state index contributed by atoms with van der Waals surface area (Å²) < 4.78 is 49.9. The number of carbonyl (C=O) groups is 1. The summed E-state index contributed by atoms with van der Waals surface area (Å²) in [7, 11) is 0. The molecule has 5 nitrogen and oxygen atoms in total. The average Bonchev–Trinajstić information content (AvgIpc) is 3.29. The minimum absolute atomic E-state index is 0.177. The maximum atomic E-state index is 14.2. The van der Waals surface area contributed by atoms with Gasteiger partial charge in [-0.05, 0) is 68.5 Å². The van der Waals surface area contributed by atoms with Crippen LogP contribution >= 0.6 is 0 Å². The molecule has 8 heteroatoms. The second-order valence-corrected chi connectivity index (χ2v) is 11.0. The number of rotatable bonds is 3. The van der Waals surface area contributed by atoms with E-state index in [1.165, 1.54) is 11.1 Å². The second kappa shape index (κ2) is 9.43. The van der Waals surface area contributed by atoms with Crippen molar-refractivity contribution < 1.29 is 22.7 Å². The van der Waals surface area contributed by atoms with E-state index in [1.807, 2.05) is 29.9 Å². The maximum Gasteiger partial charge on any atom is 0.412 e. The lowest BCUT2D eigenvalue weighted by Gasteiger charge is -2.51. The van der Waals surface area contributed by atoms with Crippen LogP contribution in [0.5, 0.6) is 5.75 Å². The second-order valence-electron chi connectivity index (χ2n) is 11.0. The molecule has 1 heterocycles. The van der Waals surface area contributed by atoms with E-state index in [0.717, 1.165) is 22.5 Å². The lowest BCUT2D eigenvalue weighted by atomic mass is 9.55. The van der Waals surface area contributed by atoms with Crippen LogP contribution in [0.3, 0.4) is 0 Å². The third kappa shape index (κ3) is 4.56. The Balaban J connectivity index is 1.31. The van der Waals surface area contributed by atoms with E-state index < -0.39 is 35.6 Å². The number of para-hydroxylation sites is 1. The summed E-state index contributed by atoms with van der Waals surface area (Å²) in [5.74, 6) is -1.83. The smallest absolute Gasteiger partial charge is 0.410 e. The molecule has 1 amide bonds. The number of hydrogen-bond donors (Lipinski definition) is 1. The zero-order valence-electron chi connectivity index (χ0n) is 21.8. The van der Waals surface area contributed by atoms with Crippen LogP contribution < -0.4 is 10.1 Å². The molecule has 3 aliphatic carbocycles. The molecule has 1 saturated carbocycles. The van der Waals surface area contributed by atoms with Gasteiger partial charge in [0, 0.05) is 11.3 Å². The number of ether oxygens (including phenoxy) is 1. The zero-order chi connectivity index (χ0) is 27.4. The molecule has 3 aromatic rings. The molecule has 0 spiro atoms. The summed E-state index contributed by atoms with van der Waals surface area (Å²) in [6.45, 7) is 4.16. The van der Waals surface area contributed by atoms with Gasteiger partial charge in [0.15, 0.2) is 0 Å². The molecular weight excluding hydrogens is 503 g/mol. The molecule has 0 saturated heterocycles. The van der Waals surface area contributed by atoms with Crippen LogP contribution in [0.15, 0.2) is 78.0 Å². The van der Waals surface area contributed by atoms with Gasteiger partial charge in [0.1, 0.15) is 5.75 Å². The van der Waals surface area contributed by atoms with Gasteiger partial charge >= 0.3 is 12.3 Å². The molecule has 1 N–H and O–H groups in total. The molecule has 1 aromatic heterocycles. The van der Waals surface area contributed by atoms with Gasteiger partial charge in [-0.2, -0.15) is 18.3 Å². The normalized spacial score (nSPS) is 25.9. The molecule has 0 aliphatic heterocycles. The van der Waals surface area contributed by atoms with Gasteiger partial charge in [-0.1, -0.05) is 60.0 Å². The number of aromatic nitrogens is 2. The highest BCUT2D eigenvalue weighted by molar-refractivity contribution is 5.71. The zero-order valence-corrected chi connectivity index (χ0v) is 21.8.